The van der Waals surface area contributed by atoms with Crippen molar-refractivity contribution in [3.63, 3.8) is 0 Å². The molecule has 0 amide bonds. The summed E-state index contributed by atoms with van der Waals surface area (Å²) in [5, 5.41) is 0. The zero-order valence-electron chi connectivity index (χ0n) is 11.9. The van der Waals surface area contributed by atoms with Gasteiger partial charge in [-0.15, -0.1) is 0 Å². The highest BCUT2D eigenvalue weighted by atomic mass is 32.1. The molecule has 0 saturated heterocycles. The largest absolute Gasteiger partial charge is 0.486 e. The van der Waals surface area contributed by atoms with Crippen molar-refractivity contribution in [1.29, 1.82) is 0 Å². The third-order valence-corrected chi connectivity index (χ3v) is 4.36. The van der Waals surface area contributed by atoms with Crippen LogP contribution in [0.1, 0.15) is 11.3 Å². The maximum Gasteiger partial charge on any atom is 0.307 e. The van der Waals surface area contributed by atoms with Gasteiger partial charge in [0, 0.05) is 17.0 Å². The van der Waals surface area contributed by atoms with Crippen LogP contribution in [0.5, 0.6) is 11.5 Å². The van der Waals surface area contributed by atoms with E-state index in [-0.39, 0.29) is 4.87 Å². The highest BCUT2D eigenvalue weighted by molar-refractivity contribution is 7.09. The van der Waals surface area contributed by atoms with E-state index < -0.39 is 0 Å². The Morgan fingerprint density at radius 2 is 2.05 bits per heavy atom. The number of hydrogen-bond donors (Lipinski definition) is 1. The van der Waals surface area contributed by atoms with E-state index in [0.29, 0.717) is 26.3 Å². The highest BCUT2D eigenvalue weighted by Gasteiger charge is 2.17. The van der Waals surface area contributed by atoms with Crippen molar-refractivity contribution >= 4 is 11.3 Å². The van der Waals surface area contributed by atoms with E-state index in [9.17, 15) is 4.79 Å². The van der Waals surface area contributed by atoms with Crippen molar-refractivity contribution in [1.82, 2.24) is 4.57 Å². The van der Waals surface area contributed by atoms with Gasteiger partial charge in [-0.3, -0.25) is 9.36 Å². The number of rotatable bonds is 4. The van der Waals surface area contributed by atoms with Crippen molar-refractivity contribution in [2.24, 2.45) is 5.73 Å². The van der Waals surface area contributed by atoms with E-state index >= 15 is 0 Å². The molecule has 0 unspecified atom stereocenters. The smallest absolute Gasteiger partial charge is 0.307 e. The zero-order chi connectivity index (χ0) is 14.8. The first-order chi connectivity index (χ1) is 10.2. The van der Waals surface area contributed by atoms with Crippen molar-refractivity contribution in [3.8, 4) is 22.8 Å². The van der Waals surface area contributed by atoms with E-state index in [1.54, 1.807) is 4.57 Å². The van der Waals surface area contributed by atoms with E-state index in [0.717, 1.165) is 34.1 Å². The van der Waals surface area contributed by atoms with Crippen LogP contribution in [0.3, 0.4) is 0 Å². The Bertz CT molecular complexity index is 705. The molecule has 0 aliphatic carbocycles. The predicted octanol–water partition coefficient (Wildman–Crippen LogP) is 2.01. The van der Waals surface area contributed by atoms with Crippen LogP contribution in [0.2, 0.25) is 0 Å². The molecular weight excluding hydrogens is 288 g/mol. The minimum absolute atomic E-state index is 0.0610. The Morgan fingerprint density at radius 1 is 1.29 bits per heavy atom. The number of nitrogens with zero attached hydrogens (tertiary/aromatic N) is 1. The summed E-state index contributed by atoms with van der Waals surface area (Å²) in [6, 6.07) is 5.82. The fourth-order valence-corrected chi connectivity index (χ4v) is 3.40. The number of benzene rings is 1. The lowest BCUT2D eigenvalue weighted by molar-refractivity contribution is 0.171. The Balaban J connectivity index is 2.05. The molecule has 21 heavy (non-hydrogen) atoms. The monoisotopic (exact) mass is 306 g/mol. The lowest BCUT2D eigenvalue weighted by Gasteiger charge is -2.19. The van der Waals surface area contributed by atoms with Gasteiger partial charge in [0.2, 0.25) is 0 Å². The summed E-state index contributed by atoms with van der Waals surface area (Å²) in [5.41, 5.74) is 7.50. The van der Waals surface area contributed by atoms with Gasteiger partial charge in [-0.1, -0.05) is 11.3 Å². The minimum Gasteiger partial charge on any atom is -0.486 e. The first kappa shape index (κ1) is 14.2. The Labute approximate surface area is 126 Å². The fourth-order valence-electron chi connectivity index (χ4n) is 2.52. The number of aryl methyl sites for hydroxylation is 1. The van der Waals surface area contributed by atoms with Gasteiger partial charge in [0.1, 0.15) is 13.2 Å². The molecule has 0 spiro atoms. The van der Waals surface area contributed by atoms with Gasteiger partial charge < -0.3 is 15.2 Å². The van der Waals surface area contributed by atoms with Crippen molar-refractivity contribution in [3.05, 3.63) is 32.7 Å². The molecular formula is C15H18N2O3S. The number of fused-ring (bicyclic) bond motifs is 1. The van der Waals surface area contributed by atoms with Gasteiger partial charge in [0.05, 0.1) is 5.69 Å². The quantitative estimate of drug-likeness (QED) is 0.938. The minimum atomic E-state index is 0.0610. The normalized spacial score (nSPS) is 13.4. The van der Waals surface area contributed by atoms with Gasteiger partial charge in [0.25, 0.3) is 0 Å². The average Bonchev–Trinajstić information content (AvgIpc) is 2.78. The molecule has 5 nitrogen and oxygen atoms in total. The summed E-state index contributed by atoms with van der Waals surface area (Å²) in [6.45, 7) is 4.31. The van der Waals surface area contributed by atoms with Gasteiger partial charge in [-0.2, -0.15) is 0 Å². The van der Waals surface area contributed by atoms with Crippen LogP contribution >= 0.6 is 11.3 Å². The molecule has 2 N–H and O–H groups in total. The third kappa shape index (κ3) is 2.69. The van der Waals surface area contributed by atoms with Crippen LogP contribution in [-0.2, 0) is 6.54 Å². The number of ether oxygens (including phenoxy) is 2. The second-order valence-corrected chi connectivity index (χ2v) is 6.09. The molecule has 1 aliphatic heterocycles. The van der Waals surface area contributed by atoms with Crippen LogP contribution < -0.4 is 20.1 Å². The molecule has 0 radical (unpaired) electrons. The summed E-state index contributed by atoms with van der Waals surface area (Å²) in [6.07, 6.45) is 0.785. The average molecular weight is 306 g/mol. The van der Waals surface area contributed by atoms with Gasteiger partial charge >= 0.3 is 4.87 Å². The molecule has 0 saturated carbocycles. The zero-order valence-corrected chi connectivity index (χ0v) is 12.7. The summed E-state index contributed by atoms with van der Waals surface area (Å²) in [7, 11) is 0. The standard InChI is InChI=1S/C15H18N2O3S/c1-10-14(17(6-2-5-16)15(18)21-10)11-3-4-12-13(9-11)20-8-7-19-12/h3-4,9H,2,5-8,16H2,1H3. The van der Waals surface area contributed by atoms with Crippen LogP contribution in [0.25, 0.3) is 11.3 Å². The summed E-state index contributed by atoms with van der Waals surface area (Å²) in [4.78, 5) is 13.2. The van der Waals surface area contributed by atoms with E-state index in [1.165, 1.54) is 11.3 Å². The van der Waals surface area contributed by atoms with Gasteiger partial charge in [0.15, 0.2) is 11.5 Å². The Morgan fingerprint density at radius 3 is 2.81 bits per heavy atom. The lowest BCUT2D eigenvalue weighted by atomic mass is 10.1. The molecule has 3 rings (SSSR count). The van der Waals surface area contributed by atoms with E-state index in [2.05, 4.69) is 0 Å². The molecule has 112 valence electrons. The Hall–Kier alpha value is -1.79. The molecule has 0 bridgehead atoms. The topological polar surface area (TPSA) is 66.5 Å². The Kier molecular flexibility index (Phi) is 3.98. The molecule has 6 heteroatoms. The number of nitrogens with two attached hydrogens (primary N) is 1. The first-order valence-electron chi connectivity index (χ1n) is 7.01. The maximum absolute atomic E-state index is 12.1. The summed E-state index contributed by atoms with van der Waals surface area (Å²) < 4.78 is 13.0. The van der Waals surface area contributed by atoms with E-state index in [4.69, 9.17) is 15.2 Å². The maximum atomic E-state index is 12.1. The molecule has 2 aromatic rings. The predicted molar refractivity (Wildman–Crippen MR) is 83.4 cm³/mol. The summed E-state index contributed by atoms with van der Waals surface area (Å²) in [5.74, 6) is 1.50. The molecule has 2 heterocycles. The fraction of sp³-hybridized carbons (Fsp3) is 0.400. The van der Waals surface area contributed by atoms with Gasteiger partial charge in [-0.05, 0) is 38.1 Å². The SMILES string of the molecule is Cc1sc(=O)n(CCCN)c1-c1ccc2c(c1)OCCO2. The molecule has 1 aromatic heterocycles. The van der Waals surface area contributed by atoms with Crippen LogP contribution in [-0.4, -0.2) is 24.3 Å². The molecule has 0 atom stereocenters. The first-order valence-corrected chi connectivity index (χ1v) is 7.82. The summed E-state index contributed by atoms with van der Waals surface area (Å²) >= 11 is 1.27. The number of hydrogen-bond acceptors (Lipinski definition) is 5. The van der Waals surface area contributed by atoms with Gasteiger partial charge in [-0.25, -0.2) is 0 Å². The lowest BCUT2D eigenvalue weighted by Crippen LogP contribution is -2.17. The number of thiazole rings is 1. The third-order valence-electron chi connectivity index (χ3n) is 3.47. The van der Waals surface area contributed by atoms with Crippen molar-refractivity contribution in [2.45, 2.75) is 19.9 Å². The van der Waals surface area contributed by atoms with Crippen molar-refractivity contribution < 1.29 is 9.47 Å². The van der Waals surface area contributed by atoms with Crippen molar-refractivity contribution in [2.75, 3.05) is 19.8 Å². The second-order valence-electron chi connectivity index (χ2n) is 4.93. The van der Waals surface area contributed by atoms with E-state index in [1.807, 2.05) is 25.1 Å². The molecule has 1 aliphatic rings. The van der Waals surface area contributed by atoms with Crippen LogP contribution in [0.4, 0.5) is 0 Å². The second kappa shape index (κ2) is 5.91. The van der Waals surface area contributed by atoms with Crippen LogP contribution in [0, 0.1) is 6.92 Å². The van der Waals surface area contributed by atoms with Crippen LogP contribution in [0.15, 0.2) is 23.0 Å². The molecule has 0 fully saturated rings. The highest BCUT2D eigenvalue weighted by Crippen LogP contribution is 2.35. The molecule has 1 aromatic carbocycles. The number of aromatic nitrogens is 1.